The first-order valence-corrected chi connectivity index (χ1v) is 7.98. The lowest BCUT2D eigenvalue weighted by atomic mass is 9.99. The summed E-state index contributed by atoms with van der Waals surface area (Å²) < 4.78 is 0. The van der Waals surface area contributed by atoms with Crippen LogP contribution >= 0.6 is 11.8 Å². The standard InChI is InChI=1S/C13H23N5OS/c1-13(2)9-17(4-5-18(13)6-7-19)11-8-10(14)15-12(16-11)20-3/h8,19H,4-7,9H2,1-3H3,(H2,14,15,16). The van der Waals surface area contributed by atoms with E-state index in [9.17, 15) is 0 Å². The van der Waals surface area contributed by atoms with Crippen molar-refractivity contribution in [2.75, 3.05) is 49.7 Å². The van der Waals surface area contributed by atoms with Crippen LogP contribution < -0.4 is 10.6 Å². The third-order valence-electron chi connectivity index (χ3n) is 3.66. The molecular formula is C13H23N5OS. The lowest BCUT2D eigenvalue weighted by Crippen LogP contribution is -2.60. The van der Waals surface area contributed by atoms with Crippen molar-refractivity contribution in [3.05, 3.63) is 6.07 Å². The van der Waals surface area contributed by atoms with E-state index in [2.05, 4.69) is 33.6 Å². The number of β-amino-alcohol motifs (C(OH)–C–C–N with tert-alkyl or cyclic N) is 1. The van der Waals surface area contributed by atoms with Crippen LogP contribution in [0.1, 0.15) is 13.8 Å². The van der Waals surface area contributed by atoms with Crippen LogP contribution in [0.4, 0.5) is 11.6 Å². The van der Waals surface area contributed by atoms with Gasteiger partial charge in [-0.15, -0.1) is 0 Å². The molecule has 6 nitrogen and oxygen atoms in total. The number of hydrogen-bond donors (Lipinski definition) is 2. The monoisotopic (exact) mass is 297 g/mol. The van der Waals surface area contributed by atoms with E-state index < -0.39 is 0 Å². The Balaban J connectivity index is 2.17. The van der Waals surface area contributed by atoms with Crippen LogP contribution in [0, 0.1) is 0 Å². The predicted octanol–water partition coefficient (Wildman–Crippen LogP) is 0.674. The Morgan fingerprint density at radius 2 is 2.15 bits per heavy atom. The summed E-state index contributed by atoms with van der Waals surface area (Å²) in [6.45, 7) is 7.93. The molecule has 2 rings (SSSR count). The maximum absolute atomic E-state index is 9.14. The smallest absolute Gasteiger partial charge is 0.191 e. The first-order valence-electron chi connectivity index (χ1n) is 6.75. The highest BCUT2D eigenvalue weighted by molar-refractivity contribution is 7.98. The van der Waals surface area contributed by atoms with E-state index in [1.54, 1.807) is 0 Å². The molecule has 112 valence electrons. The fourth-order valence-electron chi connectivity index (χ4n) is 2.60. The highest BCUT2D eigenvalue weighted by Gasteiger charge is 2.33. The van der Waals surface area contributed by atoms with Gasteiger partial charge in [-0.25, -0.2) is 9.97 Å². The predicted molar refractivity (Wildman–Crippen MR) is 83.2 cm³/mol. The number of piperazine rings is 1. The molecule has 7 heteroatoms. The summed E-state index contributed by atoms with van der Waals surface area (Å²) in [6, 6.07) is 1.83. The zero-order chi connectivity index (χ0) is 14.8. The minimum atomic E-state index is 0.000211. The molecule has 1 aromatic heterocycles. The maximum Gasteiger partial charge on any atom is 0.191 e. The van der Waals surface area contributed by atoms with E-state index in [4.69, 9.17) is 10.8 Å². The fourth-order valence-corrected chi connectivity index (χ4v) is 2.99. The summed E-state index contributed by atoms with van der Waals surface area (Å²) in [5, 5.41) is 9.85. The van der Waals surface area contributed by atoms with Crippen LogP contribution in [0.5, 0.6) is 0 Å². The summed E-state index contributed by atoms with van der Waals surface area (Å²) in [4.78, 5) is 13.3. The second kappa shape index (κ2) is 6.15. The molecule has 0 unspecified atom stereocenters. The number of aliphatic hydroxyl groups is 1. The zero-order valence-corrected chi connectivity index (χ0v) is 13.2. The van der Waals surface area contributed by atoms with Gasteiger partial charge in [-0.2, -0.15) is 0 Å². The molecule has 0 saturated carbocycles. The summed E-state index contributed by atoms with van der Waals surface area (Å²) >= 11 is 1.50. The number of rotatable bonds is 4. The van der Waals surface area contributed by atoms with Crippen molar-refractivity contribution < 1.29 is 5.11 Å². The SMILES string of the molecule is CSc1nc(N)cc(N2CCN(CCO)C(C)(C)C2)n1. The number of aromatic nitrogens is 2. The second-order valence-corrected chi connectivity index (χ2v) is 6.36. The van der Waals surface area contributed by atoms with Gasteiger partial charge in [-0.1, -0.05) is 11.8 Å². The van der Waals surface area contributed by atoms with Gasteiger partial charge in [-0.3, -0.25) is 4.90 Å². The Hall–Kier alpha value is -1.05. The second-order valence-electron chi connectivity index (χ2n) is 5.58. The molecule has 0 radical (unpaired) electrons. The Morgan fingerprint density at radius 3 is 2.75 bits per heavy atom. The summed E-state index contributed by atoms with van der Waals surface area (Å²) in [5.74, 6) is 1.40. The van der Waals surface area contributed by atoms with Crippen LogP contribution in [0.3, 0.4) is 0 Å². The summed E-state index contributed by atoms with van der Waals surface area (Å²) in [5.41, 5.74) is 5.85. The lowest BCUT2D eigenvalue weighted by Gasteiger charge is -2.47. The molecule has 1 saturated heterocycles. The van der Waals surface area contributed by atoms with Crippen LogP contribution in [0.2, 0.25) is 0 Å². The van der Waals surface area contributed by atoms with E-state index >= 15 is 0 Å². The van der Waals surface area contributed by atoms with E-state index in [0.29, 0.717) is 17.5 Å². The number of nitrogens with zero attached hydrogens (tertiary/aromatic N) is 4. The quantitative estimate of drug-likeness (QED) is 0.625. The van der Waals surface area contributed by atoms with E-state index in [1.807, 2.05) is 12.3 Å². The van der Waals surface area contributed by atoms with E-state index in [0.717, 1.165) is 25.5 Å². The van der Waals surface area contributed by atoms with Gasteiger partial charge in [0.25, 0.3) is 0 Å². The Kier molecular flexibility index (Phi) is 4.72. The highest BCUT2D eigenvalue weighted by atomic mass is 32.2. The fraction of sp³-hybridized carbons (Fsp3) is 0.692. The molecule has 3 N–H and O–H groups in total. The normalized spacial score (nSPS) is 19.3. The van der Waals surface area contributed by atoms with Crippen LogP contribution in [-0.4, -0.2) is 64.6 Å². The molecule has 0 aromatic carbocycles. The van der Waals surface area contributed by atoms with Gasteiger partial charge in [0.05, 0.1) is 6.61 Å². The first kappa shape index (κ1) is 15.3. The summed E-state index contributed by atoms with van der Waals surface area (Å²) in [6.07, 6.45) is 1.95. The largest absolute Gasteiger partial charge is 0.395 e. The number of nitrogens with two attached hydrogens (primary N) is 1. The molecule has 0 bridgehead atoms. The lowest BCUT2D eigenvalue weighted by molar-refractivity contribution is 0.0810. The van der Waals surface area contributed by atoms with Gasteiger partial charge in [0.1, 0.15) is 11.6 Å². The minimum absolute atomic E-state index is 0.000211. The van der Waals surface area contributed by atoms with Gasteiger partial charge in [0.15, 0.2) is 5.16 Å². The molecule has 0 spiro atoms. The molecule has 1 fully saturated rings. The minimum Gasteiger partial charge on any atom is -0.395 e. The number of nitrogen functional groups attached to an aromatic ring is 1. The topological polar surface area (TPSA) is 78.5 Å². The molecule has 1 aliphatic heterocycles. The molecule has 20 heavy (non-hydrogen) atoms. The molecule has 2 heterocycles. The Morgan fingerprint density at radius 1 is 1.40 bits per heavy atom. The Labute approximate surface area is 124 Å². The third kappa shape index (κ3) is 3.34. The van der Waals surface area contributed by atoms with Crippen molar-refractivity contribution in [1.29, 1.82) is 0 Å². The molecule has 0 aliphatic carbocycles. The van der Waals surface area contributed by atoms with Gasteiger partial charge >= 0.3 is 0 Å². The third-order valence-corrected chi connectivity index (χ3v) is 4.21. The highest BCUT2D eigenvalue weighted by Crippen LogP contribution is 2.26. The van der Waals surface area contributed by atoms with E-state index in [-0.39, 0.29) is 12.1 Å². The number of thioether (sulfide) groups is 1. The molecular weight excluding hydrogens is 274 g/mol. The number of aliphatic hydroxyl groups excluding tert-OH is 1. The van der Waals surface area contributed by atoms with E-state index in [1.165, 1.54) is 11.8 Å². The molecule has 0 atom stereocenters. The average Bonchev–Trinajstić information content (AvgIpc) is 2.40. The van der Waals surface area contributed by atoms with Crippen molar-refractivity contribution in [3.8, 4) is 0 Å². The van der Waals surface area contributed by atoms with Crippen molar-refractivity contribution in [2.24, 2.45) is 0 Å². The van der Waals surface area contributed by atoms with Gasteiger partial charge in [0, 0.05) is 37.8 Å². The van der Waals surface area contributed by atoms with Crippen molar-refractivity contribution >= 4 is 23.4 Å². The molecule has 1 aliphatic rings. The maximum atomic E-state index is 9.14. The van der Waals surface area contributed by atoms with Crippen molar-refractivity contribution in [2.45, 2.75) is 24.5 Å². The average molecular weight is 297 g/mol. The van der Waals surface area contributed by atoms with Gasteiger partial charge in [-0.05, 0) is 20.1 Å². The number of anilines is 2. The van der Waals surface area contributed by atoms with Gasteiger partial charge in [0.2, 0.25) is 0 Å². The molecule has 1 aromatic rings. The van der Waals surface area contributed by atoms with Crippen molar-refractivity contribution in [1.82, 2.24) is 14.9 Å². The summed E-state index contributed by atoms with van der Waals surface area (Å²) in [7, 11) is 0. The first-order chi connectivity index (χ1) is 9.46. The van der Waals surface area contributed by atoms with Crippen LogP contribution in [-0.2, 0) is 0 Å². The Bertz CT molecular complexity index is 468. The van der Waals surface area contributed by atoms with Crippen LogP contribution in [0.25, 0.3) is 0 Å². The number of hydrogen-bond acceptors (Lipinski definition) is 7. The zero-order valence-electron chi connectivity index (χ0n) is 12.3. The van der Waals surface area contributed by atoms with Crippen LogP contribution in [0.15, 0.2) is 11.2 Å². The van der Waals surface area contributed by atoms with Crippen molar-refractivity contribution in [3.63, 3.8) is 0 Å². The molecule has 0 amide bonds. The van der Waals surface area contributed by atoms with Gasteiger partial charge < -0.3 is 15.7 Å².